The first kappa shape index (κ1) is 15.6. The smallest absolute Gasteiger partial charge is 0.308 e. The molecule has 1 aromatic heterocycles. The zero-order valence-corrected chi connectivity index (χ0v) is 13.5. The standard InChI is InChI=1S/C13H17BrN2O3S/c14-10-6-11(16(18)19)12(17)15(7-10)8-13(9-20)4-2-1-3-5-13/h6-7,20H,1-5,8-9H2. The summed E-state index contributed by atoms with van der Waals surface area (Å²) in [6, 6.07) is 1.26. The maximum Gasteiger partial charge on any atom is 0.335 e. The number of nitro groups is 1. The highest BCUT2D eigenvalue weighted by Gasteiger charge is 2.32. The Morgan fingerprint density at radius 3 is 2.60 bits per heavy atom. The summed E-state index contributed by atoms with van der Waals surface area (Å²) in [4.78, 5) is 22.5. The third-order valence-electron chi connectivity index (χ3n) is 3.99. The minimum Gasteiger partial charge on any atom is -0.308 e. The molecular weight excluding hydrogens is 344 g/mol. The second-order valence-electron chi connectivity index (χ2n) is 5.45. The number of halogens is 1. The predicted octanol–water partition coefficient (Wildman–Crippen LogP) is 3.40. The molecule has 0 radical (unpaired) electrons. The first-order valence-corrected chi connectivity index (χ1v) is 8.05. The van der Waals surface area contributed by atoms with Gasteiger partial charge in [-0.05, 0) is 39.9 Å². The molecule has 1 aliphatic carbocycles. The molecule has 5 nitrogen and oxygen atoms in total. The largest absolute Gasteiger partial charge is 0.335 e. The van der Waals surface area contributed by atoms with Crippen LogP contribution >= 0.6 is 28.6 Å². The zero-order valence-electron chi connectivity index (χ0n) is 11.0. The van der Waals surface area contributed by atoms with E-state index in [0.717, 1.165) is 25.7 Å². The molecule has 1 fully saturated rings. The van der Waals surface area contributed by atoms with Crippen molar-refractivity contribution in [1.29, 1.82) is 0 Å². The van der Waals surface area contributed by atoms with Crippen LogP contribution in [0.5, 0.6) is 0 Å². The second-order valence-corrected chi connectivity index (χ2v) is 6.68. The maximum absolute atomic E-state index is 12.2. The molecule has 0 atom stereocenters. The molecule has 0 saturated heterocycles. The topological polar surface area (TPSA) is 65.1 Å². The van der Waals surface area contributed by atoms with E-state index >= 15 is 0 Å². The van der Waals surface area contributed by atoms with Crippen LogP contribution < -0.4 is 5.56 Å². The van der Waals surface area contributed by atoms with Crippen molar-refractivity contribution >= 4 is 34.2 Å². The van der Waals surface area contributed by atoms with Crippen molar-refractivity contribution in [3.63, 3.8) is 0 Å². The lowest BCUT2D eigenvalue weighted by molar-refractivity contribution is -0.386. The van der Waals surface area contributed by atoms with Crippen molar-refractivity contribution in [3.05, 3.63) is 37.2 Å². The van der Waals surface area contributed by atoms with Gasteiger partial charge in [0.15, 0.2) is 0 Å². The quantitative estimate of drug-likeness (QED) is 0.508. The van der Waals surface area contributed by atoms with E-state index in [1.807, 2.05) is 0 Å². The van der Waals surface area contributed by atoms with Crippen LogP contribution in [0.15, 0.2) is 21.5 Å². The van der Waals surface area contributed by atoms with E-state index in [1.165, 1.54) is 17.1 Å². The minimum atomic E-state index is -0.627. The summed E-state index contributed by atoms with van der Waals surface area (Å²) >= 11 is 7.68. The lowest BCUT2D eigenvalue weighted by Gasteiger charge is -2.36. The van der Waals surface area contributed by atoms with Crippen molar-refractivity contribution in [2.24, 2.45) is 5.41 Å². The second kappa shape index (κ2) is 6.30. The maximum atomic E-state index is 12.2. The van der Waals surface area contributed by atoms with Gasteiger partial charge in [0, 0.05) is 23.3 Å². The summed E-state index contributed by atoms with van der Waals surface area (Å²) in [6.45, 7) is 0.496. The van der Waals surface area contributed by atoms with Gasteiger partial charge in [0.25, 0.3) is 0 Å². The van der Waals surface area contributed by atoms with E-state index in [4.69, 9.17) is 0 Å². The summed E-state index contributed by atoms with van der Waals surface area (Å²) in [5, 5.41) is 10.9. The number of rotatable bonds is 4. The first-order valence-electron chi connectivity index (χ1n) is 6.63. The zero-order chi connectivity index (χ0) is 14.8. The van der Waals surface area contributed by atoms with Gasteiger partial charge in [-0.3, -0.25) is 14.9 Å². The van der Waals surface area contributed by atoms with Gasteiger partial charge in [-0.1, -0.05) is 19.3 Å². The Morgan fingerprint density at radius 1 is 1.40 bits per heavy atom. The van der Waals surface area contributed by atoms with Crippen molar-refractivity contribution < 1.29 is 4.92 Å². The van der Waals surface area contributed by atoms with Gasteiger partial charge >= 0.3 is 11.2 Å². The van der Waals surface area contributed by atoms with Crippen LogP contribution in [0, 0.1) is 15.5 Å². The molecule has 7 heteroatoms. The van der Waals surface area contributed by atoms with Gasteiger partial charge in [-0.25, -0.2) is 0 Å². The number of nitrogens with zero attached hydrogens (tertiary/aromatic N) is 2. The Kier molecular flexibility index (Phi) is 4.90. The molecule has 1 aromatic rings. The van der Waals surface area contributed by atoms with Gasteiger partial charge in [0.2, 0.25) is 0 Å². The fraction of sp³-hybridized carbons (Fsp3) is 0.615. The van der Waals surface area contributed by atoms with E-state index in [0.29, 0.717) is 16.8 Å². The third-order valence-corrected chi connectivity index (χ3v) is 5.09. The van der Waals surface area contributed by atoms with Crippen LogP contribution in [0.4, 0.5) is 5.69 Å². The van der Waals surface area contributed by atoms with E-state index in [9.17, 15) is 14.9 Å². The summed E-state index contributed by atoms with van der Waals surface area (Å²) in [5.41, 5.74) is -0.950. The predicted molar refractivity (Wildman–Crippen MR) is 84.4 cm³/mol. The lowest BCUT2D eigenvalue weighted by atomic mass is 9.75. The van der Waals surface area contributed by atoms with Crippen LogP contribution in [0.1, 0.15) is 32.1 Å². The Bertz CT molecular complexity index is 567. The van der Waals surface area contributed by atoms with Crippen molar-refractivity contribution in [2.75, 3.05) is 5.75 Å². The average molecular weight is 361 g/mol. The normalized spacial score (nSPS) is 17.9. The Hall–Kier alpha value is -0.820. The van der Waals surface area contributed by atoms with E-state index in [1.54, 1.807) is 6.20 Å². The molecule has 1 aliphatic rings. The summed E-state index contributed by atoms with van der Waals surface area (Å²) in [6.07, 6.45) is 7.14. The van der Waals surface area contributed by atoms with Crippen LogP contribution in [0.3, 0.4) is 0 Å². The average Bonchev–Trinajstić information content (AvgIpc) is 2.43. The molecule has 0 spiro atoms. The number of hydrogen-bond acceptors (Lipinski definition) is 4. The van der Waals surface area contributed by atoms with Crippen LogP contribution in [-0.4, -0.2) is 15.2 Å². The van der Waals surface area contributed by atoms with Gasteiger partial charge in [-0.15, -0.1) is 0 Å². The van der Waals surface area contributed by atoms with Crippen molar-refractivity contribution in [2.45, 2.75) is 38.6 Å². The molecule has 0 amide bonds. The molecule has 0 aromatic carbocycles. The van der Waals surface area contributed by atoms with Crippen LogP contribution in [0.25, 0.3) is 0 Å². The molecule has 1 saturated carbocycles. The number of thiol groups is 1. The summed E-state index contributed by atoms with van der Waals surface area (Å²) < 4.78 is 2.01. The summed E-state index contributed by atoms with van der Waals surface area (Å²) in [5.74, 6) is 0.694. The number of aromatic nitrogens is 1. The molecule has 0 unspecified atom stereocenters. The minimum absolute atomic E-state index is 0.0279. The van der Waals surface area contributed by atoms with Gasteiger partial charge in [-0.2, -0.15) is 12.6 Å². The van der Waals surface area contributed by atoms with Crippen molar-refractivity contribution in [1.82, 2.24) is 4.57 Å². The molecule has 20 heavy (non-hydrogen) atoms. The monoisotopic (exact) mass is 360 g/mol. The van der Waals surface area contributed by atoms with E-state index in [-0.39, 0.29) is 11.1 Å². The summed E-state index contributed by atoms with van der Waals surface area (Å²) in [7, 11) is 0. The van der Waals surface area contributed by atoms with E-state index in [2.05, 4.69) is 28.6 Å². The highest BCUT2D eigenvalue weighted by molar-refractivity contribution is 9.10. The van der Waals surface area contributed by atoms with Gasteiger partial charge < -0.3 is 4.57 Å². The Balaban J connectivity index is 2.37. The number of hydrogen-bond donors (Lipinski definition) is 1. The number of pyridine rings is 1. The highest BCUT2D eigenvalue weighted by atomic mass is 79.9. The molecule has 2 rings (SSSR count). The molecule has 1 heterocycles. The first-order chi connectivity index (χ1) is 9.47. The molecule has 110 valence electrons. The van der Waals surface area contributed by atoms with Crippen LogP contribution in [-0.2, 0) is 6.54 Å². The van der Waals surface area contributed by atoms with Crippen LogP contribution in [0.2, 0.25) is 0 Å². The fourth-order valence-corrected chi connectivity index (χ4v) is 3.74. The van der Waals surface area contributed by atoms with E-state index < -0.39 is 10.5 Å². The molecular formula is C13H17BrN2O3S. The Labute approximate surface area is 131 Å². The van der Waals surface area contributed by atoms with Crippen molar-refractivity contribution in [3.8, 4) is 0 Å². The molecule has 0 N–H and O–H groups in total. The SMILES string of the molecule is O=c1c([N+](=O)[O-])cc(Br)cn1CC1(CS)CCCCC1. The third kappa shape index (κ3) is 3.25. The molecule has 0 aliphatic heterocycles. The lowest BCUT2D eigenvalue weighted by Crippen LogP contribution is -2.36. The Morgan fingerprint density at radius 2 is 2.05 bits per heavy atom. The fourth-order valence-electron chi connectivity index (χ4n) is 2.86. The molecule has 0 bridgehead atoms. The van der Waals surface area contributed by atoms with Gasteiger partial charge in [0.05, 0.1) is 4.92 Å². The van der Waals surface area contributed by atoms with Gasteiger partial charge in [0.1, 0.15) is 0 Å². The highest BCUT2D eigenvalue weighted by Crippen LogP contribution is 2.38.